The second kappa shape index (κ2) is 5.55. The van der Waals surface area contributed by atoms with Crippen LogP contribution in [0, 0.1) is 6.92 Å². The summed E-state index contributed by atoms with van der Waals surface area (Å²) in [6, 6.07) is 10.2. The van der Waals surface area contributed by atoms with Crippen LogP contribution in [-0.4, -0.2) is 9.97 Å². The second-order valence-corrected chi connectivity index (χ2v) is 4.12. The number of aryl methyl sites for hydroxylation is 1. The number of hydrogen-bond acceptors (Lipinski definition) is 3. The van der Waals surface area contributed by atoms with Gasteiger partial charge in [0, 0.05) is 25.0 Å². The summed E-state index contributed by atoms with van der Waals surface area (Å²) in [4.78, 5) is 8.69. The molecule has 0 amide bonds. The van der Waals surface area contributed by atoms with Crippen molar-refractivity contribution >= 4 is 0 Å². The average Bonchev–Trinajstić information content (AvgIpc) is 2.38. The van der Waals surface area contributed by atoms with Gasteiger partial charge in [0.1, 0.15) is 0 Å². The third kappa shape index (κ3) is 3.11. The van der Waals surface area contributed by atoms with Crippen LogP contribution in [0.15, 0.2) is 42.7 Å². The summed E-state index contributed by atoms with van der Waals surface area (Å²) in [5, 5.41) is 3.43. The summed E-state index contributed by atoms with van der Waals surface area (Å²) < 4.78 is 0. The Hall–Kier alpha value is -1.74. The van der Waals surface area contributed by atoms with E-state index < -0.39 is 0 Å². The molecule has 88 valence electrons. The van der Waals surface area contributed by atoms with Crippen molar-refractivity contribution < 1.29 is 0 Å². The zero-order valence-electron chi connectivity index (χ0n) is 10.2. The van der Waals surface area contributed by atoms with Gasteiger partial charge in [0.25, 0.3) is 0 Å². The van der Waals surface area contributed by atoms with Gasteiger partial charge in [-0.25, -0.2) is 0 Å². The third-order valence-electron chi connectivity index (χ3n) is 2.82. The van der Waals surface area contributed by atoms with E-state index in [4.69, 9.17) is 0 Å². The van der Waals surface area contributed by atoms with E-state index in [1.807, 2.05) is 36.7 Å². The Labute approximate surface area is 102 Å². The predicted molar refractivity (Wildman–Crippen MR) is 68.5 cm³/mol. The molecule has 2 rings (SSSR count). The molecule has 0 unspecified atom stereocenters. The van der Waals surface area contributed by atoms with Gasteiger partial charge in [-0.3, -0.25) is 9.97 Å². The highest BCUT2D eigenvalue weighted by atomic mass is 14.9. The number of pyridine rings is 2. The molecule has 0 saturated carbocycles. The Balaban J connectivity index is 1.97. The van der Waals surface area contributed by atoms with Gasteiger partial charge >= 0.3 is 0 Å². The lowest BCUT2D eigenvalue weighted by molar-refractivity contribution is 0.554. The Bertz CT molecular complexity index is 468. The first-order chi connectivity index (χ1) is 8.27. The molecule has 17 heavy (non-hydrogen) atoms. The van der Waals surface area contributed by atoms with E-state index >= 15 is 0 Å². The van der Waals surface area contributed by atoms with Crippen LogP contribution in [-0.2, 0) is 6.54 Å². The van der Waals surface area contributed by atoms with Crippen molar-refractivity contribution in [3.8, 4) is 0 Å². The molecule has 0 aromatic carbocycles. The molecule has 0 aliphatic carbocycles. The minimum absolute atomic E-state index is 0.234. The second-order valence-electron chi connectivity index (χ2n) is 4.12. The van der Waals surface area contributed by atoms with Crippen molar-refractivity contribution in [2.45, 2.75) is 26.4 Å². The minimum atomic E-state index is 0.234. The molecule has 3 nitrogen and oxygen atoms in total. The van der Waals surface area contributed by atoms with E-state index in [9.17, 15) is 0 Å². The standard InChI is InChI=1S/C14H17N3/c1-11-6-5-9-16-14(11)10-17-12(2)13-7-3-4-8-15-13/h3-9,12,17H,10H2,1-2H3/t12-/m0/s1. The van der Waals surface area contributed by atoms with E-state index in [0.717, 1.165) is 17.9 Å². The molecule has 2 aromatic rings. The zero-order valence-corrected chi connectivity index (χ0v) is 10.2. The fourth-order valence-electron chi connectivity index (χ4n) is 1.69. The van der Waals surface area contributed by atoms with Crippen LogP contribution < -0.4 is 5.32 Å². The van der Waals surface area contributed by atoms with Crippen LogP contribution in [0.2, 0.25) is 0 Å². The molecule has 0 spiro atoms. The zero-order chi connectivity index (χ0) is 12.1. The molecule has 1 atom stereocenters. The van der Waals surface area contributed by atoms with E-state index in [2.05, 4.69) is 35.2 Å². The number of nitrogens with zero attached hydrogens (tertiary/aromatic N) is 2. The number of rotatable bonds is 4. The van der Waals surface area contributed by atoms with E-state index in [1.54, 1.807) is 0 Å². The maximum atomic E-state index is 4.36. The van der Waals surface area contributed by atoms with Gasteiger partial charge in [-0.05, 0) is 37.6 Å². The van der Waals surface area contributed by atoms with Crippen molar-refractivity contribution in [2.24, 2.45) is 0 Å². The van der Waals surface area contributed by atoms with Gasteiger partial charge in [-0.1, -0.05) is 12.1 Å². The largest absolute Gasteiger partial charge is 0.303 e. The molecule has 0 fully saturated rings. The highest BCUT2D eigenvalue weighted by molar-refractivity contribution is 5.17. The Morgan fingerprint density at radius 2 is 1.94 bits per heavy atom. The molecular formula is C14H17N3. The van der Waals surface area contributed by atoms with Crippen LogP contribution in [0.5, 0.6) is 0 Å². The maximum Gasteiger partial charge on any atom is 0.0570 e. The maximum absolute atomic E-state index is 4.36. The van der Waals surface area contributed by atoms with Crippen LogP contribution in [0.1, 0.15) is 29.9 Å². The molecule has 0 aliphatic heterocycles. The molecule has 0 aliphatic rings. The summed E-state index contributed by atoms with van der Waals surface area (Å²) >= 11 is 0. The van der Waals surface area contributed by atoms with Crippen LogP contribution in [0.25, 0.3) is 0 Å². The SMILES string of the molecule is Cc1cccnc1CN[C@@H](C)c1ccccn1. The topological polar surface area (TPSA) is 37.8 Å². The Morgan fingerprint density at radius 1 is 1.12 bits per heavy atom. The van der Waals surface area contributed by atoms with E-state index in [1.165, 1.54) is 5.56 Å². The molecule has 2 aromatic heterocycles. The average molecular weight is 227 g/mol. The molecule has 3 heteroatoms. The first-order valence-corrected chi connectivity index (χ1v) is 5.82. The molecule has 2 heterocycles. The van der Waals surface area contributed by atoms with Gasteiger partial charge in [0.05, 0.1) is 11.4 Å². The molecular weight excluding hydrogens is 210 g/mol. The van der Waals surface area contributed by atoms with Gasteiger partial charge in [-0.15, -0.1) is 0 Å². The lowest BCUT2D eigenvalue weighted by Crippen LogP contribution is -2.20. The normalized spacial score (nSPS) is 12.4. The highest BCUT2D eigenvalue weighted by Crippen LogP contribution is 2.10. The fourth-order valence-corrected chi connectivity index (χ4v) is 1.69. The monoisotopic (exact) mass is 227 g/mol. The first kappa shape index (κ1) is 11.7. The summed E-state index contributed by atoms with van der Waals surface area (Å²) in [5.41, 5.74) is 3.37. The molecule has 0 bridgehead atoms. The van der Waals surface area contributed by atoms with Crippen molar-refractivity contribution in [1.82, 2.24) is 15.3 Å². The van der Waals surface area contributed by atoms with Gasteiger partial charge < -0.3 is 5.32 Å². The molecule has 0 radical (unpaired) electrons. The van der Waals surface area contributed by atoms with E-state index in [-0.39, 0.29) is 6.04 Å². The molecule has 1 N–H and O–H groups in total. The predicted octanol–water partition coefficient (Wildman–Crippen LogP) is 2.64. The van der Waals surface area contributed by atoms with Crippen molar-refractivity contribution in [3.05, 3.63) is 59.7 Å². The Morgan fingerprint density at radius 3 is 2.65 bits per heavy atom. The molecule has 0 saturated heterocycles. The van der Waals surface area contributed by atoms with Gasteiger partial charge in [0.15, 0.2) is 0 Å². The Kier molecular flexibility index (Phi) is 3.83. The number of hydrogen-bond donors (Lipinski definition) is 1. The number of nitrogens with one attached hydrogen (secondary N) is 1. The van der Waals surface area contributed by atoms with Crippen molar-refractivity contribution in [3.63, 3.8) is 0 Å². The van der Waals surface area contributed by atoms with Crippen molar-refractivity contribution in [2.75, 3.05) is 0 Å². The van der Waals surface area contributed by atoms with Gasteiger partial charge in [-0.2, -0.15) is 0 Å². The summed E-state index contributed by atoms with van der Waals surface area (Å²) in [6.45, 7) is 4.96. The van der Waals surface area contributed by atoms with Crippen molar-refractivity contribution in [1.29, 1.82) is 0 Å². The first-order valence-electron chi connectivity index (χ1n) is 5.82. The fraction of sp³-hybridized carbons (Fsp3) is 0.286. The van der Waals surface area contributed by atoms with E-state index in [0.29, 0.717) is 0 Å². The van der Waals surface area contributed by atoms with Crippen LogP contribution >= 0.6 is 0 Å². The smallest absolute Gasteiger partial charge is 0.0570 e. The van der Waals surface area contributed by atoms with Crippen LogP contribution in [0.4, 0.5) is 0 Å². The lowest BCUT2D eigenvalue weighted by Gasteiger charge is -2.13. The highest BCUT2D eigenvalue weighted by Gasteiger charge is 2.06. The minimum Gasteiger partial charge on any atom is -0.303 e. The number of aromatic nitrogens is 2. The summed E-state index contributed by atoms with van der Waals surface area (Å²) in [6.07, 6.45) is 3.65. The third-order valence-corrected chi connectivity index (χ3v) is 2.82. The van der Waals surface area contributed by atoms with Crippen LogP contribution in [0.3, 0.4) is 0 Å². The quantitative estimate of drug-likeness (QED) is 0.872. The summed E-state index contributed by atoms with van der Waals surface area (Å²) in [7, 11) is 0. The van der Waals surface area contributed by atoms with Gasteiger partial charge in [0.2, 0.25) is 0 Å². The summed E-state index contributed by atoms with van der Waals surface area (Å²) in [5.74, 6) is 0. The lowest BCUT2D eigenvalue weighted by atomic mass is 10.2.